The summed E-state index contributed by atoms with van der Waals surface area (Å²) in [7, 11) is 0. The molecule has 2 rings (SSSR count). The van der Waals surface area contributed by atoms with Gasteiger partial charge in [-0.15, -0.1) is 0 Å². The molecule has 0 aliphatic carbocycles. The van der Waals surface area contributed by atoms with E-state index in [0.29, 0.717) is 0 Å². The fourth-order valence-corrected chi connectivity index (χ4v) is 1.95. The van der Waals surface area contributed by atoms with E-state index in [2.05, 4.69) is 0 Å². The maximum absolute atomic E-state index is 13.8. The molecular weight excluding hydrogens is 274 g/mol. The molecule has 0 radical (unpaired) electrons. The summed E-state index contributed by atoms with van der Waals surface area (Å²) in [6.45, 7) is 1.45. The zero-order valence-electron chi connectivity index (χ0n) is 9.88. The van der Waals surface area contributed by atoms with Crippen molar-refractivity contribution in [2.45, 2.75) is 6.92 Å². The minimum atomic E-state index is -1.24. The Labute approximate surface area is 113 Å². The molecule has 2 aromatic carbocycles. The van der Waals surface area contributed by atoms with E-state index in [9.17, 15) is 13.6 Å². The van der Waals surface area contributed by atoms with Crippen molar-refractivity contribution in [1.29, 1.82) is 0 Å². The Morgan fingerprint density at radius 1 is 1.11 bits per heavy atom. The van der Waals surface area contributed by atoms with Crippen LogP contribution in [0.4, 0.5) is 8.78 Å². The first-order valence-electron chi connectivity index (χ1n) is 5.39. The maximum atomic E-state index is 13.8. The quantitative estimate of drug-likeness (QED) is 0.892. The molecule has 0 spiro atoms. The summed E-state index contributed by atoms with van der Waals surface area (Å²) in [6.07, 6.45) is 0. The number of rotatable bonds is 2. The fourth-order valence-electron chi connectivity index (χ4n) is 1.79. The van der Waals surface area contributed by atoms with E-state index < -0.39 is 17.6 Å². The number of carboxylic acid groups (broad SMARTS) is 1. The molecule has 98 valence electrons. The van der Waals surface area contributed by atoms with Crippen LogP contribution in [0.2, 0.25) is 5.02 Å². The molecule has 2 aromatic rings. The molecular formula is C14H9ClF2O2. The summed E-state index contributed by atoms with van der Waals surface area (Å²) < 4.78 is 27.4. The van der Waals surface area contributed by atoms with Gasteiger partial charge in [-0.3, -0.25) is 0 Å². The molecule has 0 aromatic heterocycles. The van der Waals surface area contributed by atoms with Crippen LogP contribution in [0, 0.1) is 18.6 Å². The summed E-state index contributed by atoms with van der Waals surface area (Å²) >= 11 is 5.63. The van der Waals surface area contributed by atoms with Crippen LogP contribution < -0.4 is 0 Å². The first-order chi connectivity index (χ1) is 8.90. The summed E-state index contributed by atoms with van der Waals surface area (Å²) in [6, 6.07) is 6.00. The predicted molar refractivity (Wildman–Crippen MR) is 68.5 cm³/mol. The van der Waals surface area contributed by atoms with Crippen molar-refractivity contribution < 1.29 is 18.7 Å². The summed E-state index contributed by atoms with van der Waals surface area (Å²) in [4.78, 5) is 11.2. The lowest BCUT2D eigenvalue weighted by Crippen LogP contribution is -2.02. The Balaban J connectivity index is 2.73. The third kappa shape index (κ3) is 2.58. The minimum absolute atomic E-state index is 0.000648. The lowest BCUT2D eigenvalue weighted by atomic mass is 9.97. The van der Waals surface area contributed by atoms with E-state index in [1.807, 2.05) is 0 Å². The van der Waals surface area contributed by atoms with Gasteiger partial charge in [-0.25, -0.2) is 13.6 Å². The van der Waals surface area contributed by atoms with E-state index >= 15 is 0 Å². The molecule has 0 bridgehead atoms. The molecule has 0 amide bonds. The number of halogens is 3. The number of aromatic carboxylic acids is 1. The number of aryl methyl sites for hydroxylation is 1. The average Bonchev–Trinajstić information content (AvgIpc) is 2.32. The first-order valence-corrected chi connectivity index (χ1v) is 5.77. The molecule has 0 heterocycles. The zero-order chi connectivity index (χ0) is 14.2. The third-order valence-electron chi connectivity index (χ3n) is 2.75. The lowest BCUT2D eigenvalue weighted by Gasteiger charge is -2.10. The van der Waals surface area contributed by atoms with Crippen LogP contribution in [0.25, 0.3) is 11.1 Å². The number of carbonyl (C=O) groups is 1. The van der Waals surface area contributed by atoms with Gasteiger partial charge in [-0.1, -0.05) is 11.6 Å². The number of benzene rings is 2. The zero-order valence-corrected chi connectivity index (χ0v) is 10.6. The monoisotopic (exact) mass is 282 g/mol. The number of carboxylic acids is 1. The van der Waals surface area contributed by atoms with Crippen LogP contribution in [0.5, 0.6) is 0 Å². The highest BCUT2D eigenvalue weighted by molar-refractivity contribution is 6.30. The standard InChI is InChI=1S/C14H9ClF2O2/c1-7-4-11(14(18)19)10(6-12(7)16)9-3-2-8(15)5-13(9)17/h2-6H,1H3,(H,18,19). The van der Waals surface area contributed by atoms with Crippen molar-refractivity contribution in [3.63, 3.8) is 0 Å². The Hall–Kier alpha value is -1.94. The molecule has 0 fully saturated rings. The molecule has 0 unspecified atom stereocenters. The van der Waals surface area contributed by atoms with Crippen LogP contribution in [0.1, 0.15) is 15.9 Å². The largest absolute Gasteiger partial charge is 0.478 e. The van der Waals surface area contributed by atoms with Crippen molar-refractivity contribution in [1.82, 2.24) is 0 Å². The van der Waals surface area contributed by atoms with Gasteiger partial charge in [0.25, 0.3) is 0 Å². The van der Waals surface area contributed by atoms with E-state index in [1.165, 1.54) is 25.1 Å². The van der Waals surface area contributed by atoms with Gasteiger partial charge >= 0.3 is 5.97 Å². The molecule has 0 aliphatic rings. The van der Waals surface area contributed by atoms with Crippen molar-refractivity contribution in [3.8, 4) is 11.1 Å². The van der Waals surface area contributed by atoms with Gasteiger partial charge < -0.3 is 5.11 Å². The predicted octanol–water partition coefficient (Wildman–Crippen LogP) is 4.29. The van der Waals surface area contributed by atoms with Gasteiger partial charge in [0.2, 0.25) is 0 Å². The highest BCUT2D eigenvalue weighted by Crippen LogP contribution is 2.30. The summed E-state index contributed by atoms with van der Waals surface area (Å²) in [5.74, 6) is -2.53. The highest BCUT2D eigenvalue weighted by Gasteiger charge is 2.17. The van der Waals surface area contributed by atoms with Gasteiger partial charge in [-0.2, -0.15) is 0 Å². The van der Waals surface area contributed by atoms with Gasteiger partial charge in [0.05, 0.1) is 5.56 Å². The van der Waals surface area contributed by atoms with Crippen molar-refractivity contribution in [2.75, 3.05) is 0 Å². The molecule has 0 saturated heterocycles. The second-order valence-corrected chi connectivity index (χ2v) is 4.51. The van der Waals surface area contributed by atoms with Crippen LogP contribution in [-0.2, 0) is 0 Å². The second kappa shape index (κ2) is 4.97. The Kier molecular flexibility index (Phi) is 3.53. The normalized spacial score (nSPS) is 10.5. The topological polar surface area (TPSA) is 37.3 Å². The van der Waals surface area contributed by atoms with Crippen LogP contribution in [0.3, 0.4) is 0 Å². The van der Waals surface area contributed by atoms with E-state index in [-0.39, 0.29) is 27.3 Å². The highest BCUT2D eigenvalue weighted by atomic mass is 35.5. The van der Waals surface area contributed by atoms with Crippen molar-refractivity contribution in [3.05, 3.63) is 58.1 Å². The molecule has 5 heteroatoms. The minimum Gasteiger partial charge on any atom is -0.478 e. The molecule has 2 nitrogen and oxygen atoms in total. The van der Waals surface area contributed by atoms with E-state index in [1.54, 1.807) is 0 Å². The van der Waals surface area contributed by atoms with Gasteiger partial charge in [0, 0.05) is 16.1 Å². The fraction of sp³-hybridized carbons (Fsp3) is 0.0714. The Morgan fingerprint density at radius 3 is 2.37 bits per heavy atom. The number of hydrogen-bond donors (Lipinski definition) is 1. The SMILES string of the molecule is Cc1cc(C(=O)O)c(-c2ccc(Cl)cc2F)cc1F. The van der Waals surface area contributed by atoms with Crippen LogP contribution >= 0.6 is 11.6 Å². The molecule has 0 saturated carbocycles. The maximum Gasteiger partial charge on any atom is 0.336 e. The third-order valence-corrected chi connectivity index (χ3v) is 2.99. The average molecular weight is 283 g/mol. The molecule has 19 heavy (non-hydrogen) atoms. The van der Waals surface area contributed by atoms with Crippen molar-refractivity contribution >= 4 is 17.6 Å². The lowest BCUT2D eigenvalue weighted by molar-refractivity contribution is 0.0697. The Bertz CT molecular complexity index is 669. The molecule has 0 atom stereocenters. The molecule has 0 aliphatic heterocycles. The Morgan fingerprint density at radius 2 is 1.79 bits per heavy atom. The van der Waals surface area contributed by atoms with Crippen molar-refractivity contribution in [2.24, 2.45) is 0 Å². The van der Waals surface area contributed by atoms with E-state index in [0.717, 1.165) is 12.1 Å². The number of hydrogen-bond acceptors (Lipinski definition) is 1. The molecule has 1 N–H and O–H groups in total. The van der Waals surface area contributed by atoms with E-state index in [4.69, 9.17) is 16.7 Å². The van der Waals surface area contributed by atoms with Crippen LogP contribution in [-0.4, -0.2) is 11.1 Å². The second-order valence-electron chi connectivity index (χ2n) is 4.08. The summed E-state index contributed by atoms with van der Waals surface area (Å²) in [5, 5.41) is 9.30. The summed E-state index contributed by atoms with van der Waals surface area (Å²) in [5.41, 5.74) is 0.0288. The smallest absolute Gasteiger partial charge is 0.336 e. The van der Waals surface area contributed by atoms with Gasteiger partial charge in [0.1, 0.15) is 11.6 Å². The van der Waals surface area contributed by atoms with Crippen LogP contribution in [0.15, 0.2) is 30.3 Å². The van der Waals surface area contributed by atoms with Gasteiger partial charge in [-0.05, 0) is 42.8 Å². The van der Waals surface area contributed by atoms with Gasteiger partial charge in [0.15, 0.2) is 0 Å². The first kappa shape index (κ1) is 13.5.